The van der Waals surface area contributed by atoms with E-state index in [9.17, 15) is 0 Å². The van der Waals surface area contributed by atoms with Gasteiger partial charge in [0, 0.05) is 24.5 Å². The maximum Gasteiger partial charge on any atom is 0.141 e. The number of nitriles is 1. The van der Waals surface area contributed by atoms with Crippen LogP contribution in [0.2, 0.25) is 5.02 Å². The molecular formula is C17H12ClN3. The third kappa shape index (κ3) is 2.81. The molecule has 3 rings (SSSR count). The highest BCUT2D eigenvalue weighted by molar-refractivity contribution is 6.33. The highest BCUT2D eigenvalue weighted by Gasteiger charge is 2.09. The lowest BCUT2D eigenvalue weighted by molar-refractivity contribution is 0.807. The Labute approximate surface area is 128 Å². The lowest BCUT2D eigenvalue weighted by atomic mass is 10.1. The SMILES string of the molecule is N#Cc1cccc(Cn2ccnc2-c2ccccc2Cl)c1. The van der Waals surface area contributed by atoms with Crippen LogP contribution in [0.3, 0.4) is 0 Å². The summed E-state index contributed by atoms with van der Waals surface area (Å²) in [6, 6.07) is 17.4. The number of rotatable bonds is 3. The van der Waals surface area contributed by atoms with E-state index in [1.54, 1.807) is 12.3 Å². The minimum absolute atomic E-state index is 0.649. The van der Waals surface area contributed by atoms with Crippen LogP contribution in [0.25, 0.3) is 11.4 Å². The van der Waals surface area contributed by atoms with E-state index >= 15 is 0 Å². The zero-order valence-electron chi connectivity index (χ0n) is 11.2. The van der Waals surface area contributed by atoms with Crippen molar-refractivity contribution in [2.75, 3.05) is 0 Å². The van der Waals surface area contributed by atoms with Gasteiger partial charge in [-0.05, 0) is 29.8 Å². The van der Waals surface area contributed by atoms with Gasteiger partial charge in [-0.3, -0.25) is 0 Å². The molecular weight excluding hydrogens is 282 g/mol. The van der Waals surface area contributed by atoms with Crippen LogP contribution in [0.15, 0.2) is 60.9 Å². The van der Waals surface area contributed by atoms with Crippen molar-refractivity contribution in [1.82, 2.24) is 9.55 Å². The third-order valence-corrected chi connectivity index (χ3v) is 3.57. The van der Waals surface area contributed by atoms with E-state index in [2.05, 4.69) is 11.1 Å². The number of nitrogens with zero attached hydrogens (tertiary/aromatic N) is 3. The molecule has 4 heteroatoms. The molecule has 3 nitrogen and oxygen atoms in total. The molecule has 0 aliphatic heterocycles. The summed E-state index contributed by atoms with van der Waals surface area (Å²) in [7, 11) is 0. The van der Waals surface area contributed by atoms with Gasteiger partial charge in [-0.15, -0.1) is 0 Å². The Hall–Kier alpha value is -2.57. The van der Waals surface area contributed by atoms with Gasteiger partial charge in [0.05, 0.1) is 16.7 Å². The first-order valence-corrected chi connectivity index (χ1v) is 6.91. The number of halogens is 1. The first-order chi connectivity index (χ1) is 10.3. The Bertz CT molecular complexity index is 815. The van der Waals surface area contributed by atoms with Crippen molar-refractivity contribution >= 4 is 11.6 Å². The summed E-state index contributed by atoms with van der Waals surface area (Å²) in [6.45, 7) is 0.649. The van der Waals surface area contributed by atoms with Crippen molar-refractivity contribution in [1.29, 1.82) is 5.26 Å². The lowest BCUT2D eigenvalue weighted by Gasteiger charge is -2.09. The molecule has 0 saturated carbocycles. The summed E-state index contributed by atoms with van der Waals surface area (Å²) in [5.41, 5.74) is 2.62. The van der Waals surface area contributed by atoms with E-state index in [1.807, 2.05) is 53.2 Å². The van der Waals surface area contributed by atoms with Gasteiger partial charge in [0.15, 0.2) is 0 Å². The van der Waals surface area contributed by atoms with E-state index in [1.165, 1.54) is 0 Å². The molecule has 0 fully saturated rings. The summed E-state index contributed by atoms with van der Waals surface area (Å²) in [5, 5.41) is 9.65. The second-order valence-corrected chi connectivity index (χ2v) is 5.08. The average Bonchev–Trinajstić information content (AvgIpc) is 2.96. The predicted octanol–water partition coefficient (Wildman–Crippen LogP) is 4.12. The van der Waals surface area contributed by atoms with Crippen LogP contribution in [-0.2, 0) is 6.54 Å². The Kier molecular flexibility index (Phi) is 3.72. The molecule has 102 valence electrons. The number of aromatic nitrogens is 2. The number of imidazole rings is 1. The molecule has 0 radical (unpaired) electrons. The van der Waals surface area contributed by atoms with E-state index in [4.69, 9.17) is 16.9 Å². The molecule has 0 aliphatic carbocycles. The fourth-order valence-corrected chi connectivity index (χ4v) is 2.48. The van der Waals surface area contributed by atoms with Crippen molar-refractivity contribution in [3.63, 3.8) is 0 Å². The third-order valence-electron chi connectivity index (χ3n) is 3.24. The summed E-state index contributed by atoms with van der Waals surface area (Å²) >= 11 is 6.24. The summed E-state index contributed by atoms with van der Waals surface area (Å²) in [5.74, 6) is 0.822. The van der Waals surface area contributed by atoms with Gasteiger partial charge in [-0.25, -0.2) is 4.98 Å². The van der Waals surface area contributed by atoms with Crippen LogP contribution in [0.1, 0.15) is 11.1 Å². The molecule has 21 heavy (non-hydrogen) atoms. The molecule has 1 aromatic heterocycles. The minimum atomic E-state index is 0.649. The van der Waals surface area contributed by atoms with Crippen molar-refractivity contribution < 1.29 is 0 Å². The van der Waals surface area contributed by atoms with E-state index in [-0.39, 0.29) is 0 Å². The molecule has 0 unspecified atom stereocenters. The van der Waals surface area contributed by atoms with Crippen LogP contribution < -0.4 is 0 Å². The topological polar surface area (TPSA) is 41.6 Å². The van der Waals surface area contributed by atoms with E-state index < -0.39 is 0 Å². The monoisotopic (exact) mass is 293 g/mol. The van der Waals surface area contributed by atoms with Crippen LogP contribution in [0.4, 0.5) is 0 Å². The zero-order chi connectivity index (χ0) is 14.7. The maximum absolute atomic E-state index is 8.97. The largest absolute Gasteiger partial charge is 0.327 e. The Morgan fingerprint density at radius 2 is 2.00 bits per heavy atom. The quantitative estimate of drug-likeness (QED) is 0.729. The summed E-state index contributed by atoms with van der Waals surface area (Å²) in [6.07, 6.45) is 3.67. The second-order valence-electron chi connectivity index (χ2n) is 4.67. The van der Waals surface area contributed by atoms with Gasteiger partial charge in [0.25, 0.3) is 0 Å². The van der Waals surface area contributed by atoms with Gasteiger partial charge in [0.2, 0.25) is 0 Å². The van der Waals surface area contributed by atoms with Crippen LogP contribution in [0, 0.1) is 11.3 Å². The van der Waals surface area contributed by atoms with Crippen molar-refractivity contribution in [2.45, 2.75) is 6.54 Å². The maximum atomic E-state index is 8.97. The van der Waals surface area contributed by atoms with Crippen LogP contribution in [-0.4, -0.2) is 9.55 Å². The molecule has 1 heterocycles. The smallest absolute Gasteiger partial charge is 0.141 e. The molecule has 0 atom stereocenters. The fraction of sp³-hybridized carbons (Fsp3) is 0.0588. The standard InChI is InChI=1S/C17H12ClN3/c18-16-7-2-1-6-15(16)17-20-8-9-21(17)12-14-5-3-4-13(10-14)11-19/h1-10H,12H2. The molecule has 0 saturated heterocycles. The number of benzene rings is 2. The second kappa shape index (κ2) is 5.82. The van der Waals surface area contributed by atoms with Gasteiger partial charge in [-0.1, -0.05) is 35.9 Å². The van der Waals surface area contributed by atoms with Gasteiger partial charge < -0.3 is 4.57 Å². The molecule has 0 bridgehead atoms. The predicted molar refractivity (Wildman–Crippen MR) is 82.9 cm³/mol. The van der Waals surface area contributed by atoms with Gasteiger partial charge in [-0.2, -0.15) is 5.26 Å². The minimum Gasteiger partial charge on any atom is -0.327 e. The molecule has 0 amide bonds. The lowest BCUT2D eigenvalue weighted by Crippen LogP contribution is -2.01. The normalized spacial score (nSPS) is 10.3. The van der Waals surface area contributed by atoms with E-state index in [0.29, 0.717) is 17.1 Å². The summed E-state index contributed by atoms with van der Waals surface area (Å²) in [4.78, 5) is 4.40. The Morgan fingerprint density at radius 1 is 1.14 bits per heavy atom. The molecule has 0 spiro atoms. The molecule has 2 aromatic carbocycles. The fourth-order valence-electron chi connectivity index (χ4n) is 2.26. The van der Waals surface area contributed by atoms with Crippen molar-refractivity contribution in [2.24, 2.45) is 0 Å². The number of hydrogen-bond acceptors (Lipinski definition) is 2. The molecule has 0 N–H and O–H groups in total. The Balaban J connectivity index is 1.97. The first-order valence-electron chi connectivity index (χ1n) is 6.53. The van der Waals surface area contributed by atoms with Gasteiger partial charge in [0.1, 0.15) is 5.82 Å². The van der Waals surface area contributed by atoms with Crippen LogP contribution >= 0.6 is 11.6 Å². The number of hydrogen-bond donors (Lipinski definition) is 0. The average molecular weight is 294 g/mol. The van der Waals surface area contributed by atoms with Crippen molar-refractivity contribution in [3.8, 4) is 17.5 Å². The highest BCUT2D eigenvalue weighted by atomic mass is 35.5. The van der Waals surface area contributed by atoms with Crippen LogP contribution in [0.5, 0.6) is 0 Å². The van der Waals surface area contributed by atoms with E-state index in [0.717, 1.165) is 17.0 Å². The van der Waals surface area contributed by atoms with Crippen molar-refractivity contribution in [3.05, 3.63) is 77.1 Å². The highest BCUT2D eigenvalue weighted by Crippen LogP contribution is 2.26. The summed E-state index contributed by atoms with van der Waals surface area (Å²) < 4.78 is 2.03. The first kappa shape index (κ1) is 13.4. The molecule has 0 aliphatic rings. The molecule has 3 aromatic rings. The Morgan fingerprint density at radius 3 is 2.81 bits per heavy atom. The van der Waals surface area contributed by atoms with Gasteiger partial charge >= 0.3 is 0 Å². The zero-order valence-corrected chi connectivity index (χ0v) is 12.0.